The van der Waals surface area contributed by atoms with E-state index in [4.69, 9.17) is 21.9 Å². The van der Waals surface area contributed by atoms with Gasteiger partial charge >= 0.3 is 10.1 Å². The Bertz CT molecular complexity index is 519. The van der Waals surface area contributed by atoms with Gasteiger partial charge < -0.3 is 11.1 Å². The summed E-state index contributed by atoms with van der Waals surface area (Å²) in [6.07, 6.45) is 0. The van der Waals surface area contributed by atoms with Gasteiger partial charge in [-0.1, -0.05) is 23.4 Å². The average Bonchev–Trinajstić information content (AvgIpc) is 2.40. The molecule has 4 N–H and O–H groups in total. The van der Waals surface area contributed by atoms with Crippen LogP contribution in [0.4, 0.5) is 11.4 Å². The zero-order valence-electron chi connectivity index (χ0n) is 7.27. The molecule has 1 aliphatic rings. The summed E-state index contributed by atoms with van der Waals surface area (Å²) >= 11 is 6.53. The zero-order valence-corrected chi connectivity index (χ0v) is 9.66. The van der Waals surface area contributed by atoms with Crippen LogP contribution in [0.15, 0.2) is 23.1 Å². The van der Waals surface area contributed by atoms with Crippen LogP contribution in [0.3, 0.4) is 0 Å². The van der Waals surface area contributed by atoms with E-state index in [1.165, 1.54) is 0 Å². The predicted octanol–water partition coefficient (Wildman–Crippen LogP) is 1.52. The third-order valence-corrected chi connectivity index (χ3v) is 5.34. The van der Waals surface area contributed by atoms with Crippen LogP contribution in [0.5, 0.6) is 0 Å². The first-order valence-corrected chi connectivity index (χ1v) is 6.48. The zero-order chi connectivity index (χ0) is 11.3. The summed E-state index contributed by atoms with van der Waals surface area (Å²) in [5.41, 5.74) is 6.56. The Labute approximate surface area is 95.7 Å². The highest BCUT2D eigenvalue weighted by molar-refractivity contribution is 8.15. The minimum atomic E-state index is -4.41. The van der Waals surface area contributed by atoms with Crippen molar-refractivity contribution >= 4 is 44.9 Å². The maximum atomic E-state index is 11.0. The summed E-state index contributed by atoms with van der Waals surface area (Å²) in [7, 11) is -4.41. The van der Waals surface area contributed by atoms with Crippen LogP contribution in [0, 0.1) is 0 Å². The predicted molar refractivity (Wildman–Crippen MR) is 60.5 cm³/mol. The number of nitrogens with one attached hydrogen (secondary N) is 1. The maximum absolute atomic E-state index is 11.0. The highest BCUT2D eigenvalue weighted by Gasteiger charge is 2.47. The van der Waals surface area contributed by atoms with E-state index < -0.39 is 13.8 Å². The molecular formula is C7H7ClN2O3S2. The number of rotatable bonds is 1. The number of benzene rings is 1. The van der Waals surface area contributed by atoms with Crippen molar-refractivity contribution in [2.24, 2.45) is 0 Å². The molecule has 8 heteroatoms. The van der Waals surface area contributed by atoms with Crippen molar-refractivity contribution in [3.8, 4) is 0 Å². The molecule has 1 aromatic rings. The molecule has 0 bridgehead atoms. The van der Waals surface area contributed by atoms with Gasteiger partial charge in [0.05, 0.1) is 5.69 Å². The minimum Gasteiger partial charge on any atom is -0.399 e. The molecular weight excluding hydrogens is 260 g/mol. The van der Waals surface area contributed by atoms with Gasteiger partial charge in [0.2, 0.25) is 0 Å². The minimum absolute atomic E-state index is 0.499. The summed E-state index contributed by atoms with van der Waals surface area (Å²) in [5.74, 6) is 0. The van der Waals surface area contributed by atoms with E-state index in [2.05, 4.69) is 5.32 Å². The van der Waals surface area contributed by atoms with Gasteiger partial charge in [0.25, 0.3) is 3.66 Å². The second-order valence-electron chi connectivity index (χ2n) is 2.99. The largest absolute Gasteiger partial charge is 0.399 e. The molecule has 0 fully saturated rings. The topological polar surface area (TPSA) is 92.4 Å². The fourth-order valence-corrected chi connectivity index (χ4v) is 3.32. The Kier molecular flexibility index (Phi) is 2.30. The van der Waals surface area contributed by atoms with E-state index in [1.54, 1.807) is 18.2 Å². The van der Waals surface area contributed by atoms with Crippen molar-refractivity contribution in [1.29, 1.82) is 0 Å². The second-order valence-corrected chi connectivity index (χ2v) is 7.09. The van der Waals surface area contributed by atoms with E-state index in [-0.39, 0.29) is 0 Å². The lowest BCUT2D eigenvalue weighted by atomic mass is 10.3. The monoisotopic (exact) mass is 266 g/mol. The van der Waals surface area contributed by atoms with Crippen LogP contribution in [0.25, 0.3) is 0 Å². The molecule has 1 aromatic carbocycles. The maximum Gasteiger partial charge on any atom is 0.314 e. The number of nitrogens with two attached hydrogens (primary N) is 1. The molecule has 1 atom stereocenters. The van der Waals surface area contributed by atoms with Crippen LogP contribution in [-0.2, 0) is 10.1 Å². The molecule has 0 spiro atoms. The van der Waals surface area contributed by atoms with Crippen LogP contribution in [0.1, 0.15) is 0 Å². The number of nitrogen functional groups attached to an aromatic ring is 1. The Balaban J connectivity index is 2.46. The van der Waals surface area contributed by atoms with Gasteiger partial charge in [-0.2, -0.15) is 8.42 Å². The number of fused-ring (bicyclic) bond motifs is 1. The highest BCUT2D eigenvalue weighted by atomic mass is 35.5. The van der Waals surface area contributed by atoms with Gasteiger partial charge in [0.1, 0.15) is 0 Å². The number of thioether (sulfide) groups is 1. The first-order chi connectivity index (χ1) is 6.82. The first kappa shape index (κ1) is 10.9. The lowest BCUT2D eigenvalue weighted by Gasteiger charge is -2.16. The number of halogens is 1. The summed E-state index contributed by atoms with van der Waals surface area (Å²) in [6, 6.07) is 4.80. The average molecular weight is 267 g/mol. The van der Waals surface area contributed by atoms with Gasteiger partial charge in [0.15, 0.2) is 0 Å². The molecule has 1 unspecified atom stereocenters. The molecule has 2 rings (SSSR count). The van der Waals surface area contributed by atoms with Gasteiger partial charge in [0, 0.05) is 10.6 Å². The SMILES string of the molecule is Nc1ccc2c(c1)SC(Cl)(S(=O)(=O)O)N2. The van der Waals surface area contributed by atoms with Crippen molar-refractivity contribution in [3.63, 3.8) is 0 Å². The number of anilines is 2. The first-order valence-electron chi connectivity index (χ1n) is 3.84. The van der Waals surface area contributed by atoms with Crippen LogP contribution >= 0.6 is 23.4 Å². The Hall–Kier alpha value is -0.630. The van der Waals surface area contributed by atoms with Crippen molar-refractivity contribution in [1.82, 2.24) is 0 Å². The smallest absolute Gasteiger partial charge is 0.314 e. The molecule has 0 aromatic heterocycles. The van der Waals surface area contributed by atoms with Crippen LogP contribution in [-0.4, -0.2) is 16.6 Å². The highest BCUT2D eigenvalue weighted by Crippen LogP contribution is 2.50. The molecule has 1 aliphatic heterocycles. The lowest BCUT2D eigenvalue weighted by Crippen LogP contribution is -2.33. The molecule has 0 aliphatic carbocycles. The fourth-order valence-electron chi connectivity index (χ4n) is 1.17. The third kappa shape index (κ3) is 1.76. The third-order valence-electron chi connectivity index (χ3n) is 1.86. The van der Waals surface area contributed by atoms with Crippen molar-refractivity contribution in [2.75, 3.05) is 11.1 Å². The van der Waals surface area contributed by atoms with Crippen molar-refractivity contribution < 1.29 is 13.0 Å². The Morgan fingerprint density at radius 1 is 1.53 bits per heavy atom. The van der Waals surface area contributed by atoms with E-state index in [9.17, 15) is 8.42 Å². The summed E-state index contributed by atoms with van der Waals surface area (Å²) in [4.78, 5) is 0.586. The second kappa shape index (κ2) is 3.18. The van der Waals surface area contributed by atoms with Crippen molar-refractivity contribution in [2.45, 2.75) is 8.56 Å². The molecule has 0 saturated carbocycles. The molecule has 0 saturated heterocycles. The molecule has 0 amide bonds. The normalized spacial score (nSPS) is 24.7. The number of hydrogen-bond acceptors (Lipinski definition) is 5. The van der Waals surface area contributed by atoms with E-state index in [0.29, 0.717) is 16.3 Å². The van der Waals surface area contributed by atoms with E-state index in [1.807, 2.05) is 0 Å². The quantitative estimate of drug-likeness (QED) is 0.309. The van der Waals surface area contributed by atoms with Crippen LogP contribution in [0.2, 0.25) is 0 Å². The van der Waals surface area contributed by atoms with Crippen LogP contribution < -0.4 is 11.1 Å². The van der Waals surface area contributed by atoms with Gasteiger partial charge in [-0.05, 0) is 18.2 Å². The summed E-state index contributed by atoms with van der Waals surface area (Å²) in [5, 5.41) is 2.51. The van der Waals surface area contributed by atoms with E-state index in [0.717, 1.165) is 11.8 Å². The standard InChI is InChI=1S/C7H7ClN2O3S2/c8-7(15(11,12)13)10-5-2-1-4(9)3-6(5)14-7/h1-3,10H,9H2,(H,11,12,13). The number of alkyl halides is 1. The molecule has 1 heterocycles. The van der Waals surface area contributed by atoms with Gasteiger partial charge in [-0.15, -0.1) is 0 Å². The Morgan fingerprint density at radius 3 is 2.80 bits per heavy atom. The molecule has 0 radical (unpaired) electrons. The number of hydrogen-bond donors (Lipinski definition) is 3. The van der Waals surface area contributed by atoms with E-state index >= 15 is 0 Å². The molecule has 15 heavy (non-hydrogen) atoms. The molecule has 82 valence electrons. The fraction of sp³-hybridized carbons (Fsp3) is 0.143. The summed E-state index contributed by atoms with van der Waals surface area (Å²) in [6.45, 7) is 0. The van der Waals surface area contributed by atoms with Gasteiger partial charge in [-0.3, -0.25) is 4.55 Å². The van der Waals surface area contributed by atoms with Gasteiger partial charge in [-0.25, -0.2) is 0 Å². The van der Waals surface area contributed by atoms with Crippen molar-refractivity contribution in [3.05, 3.63) is 18.2 Å². The summed E-state index contributed by atoms with van der Waals surface area (Å²) < 4.78 is 29.0. The lowest BCUT2D eigenvalue weighted by molar-refractivity contribution is 0.479. The Morgan fingerprint density at radius 2 is 2.20 bits per heavy atom. The molecule has 5 nitrogen and oxygen atoms in total.